The maximum atomic E-state index is 10.3. The molecule has 0 bridgehead atoms. The molecule has 0 spiro atoms. The normalized spacial score (nSPS) is 9.70. The van der Waals surface area contributed by atoms with Crippen LogP contribution in [0.4, 0.5) is 0 Å². The van der Waals surface area contributed by atoms with E-state index in [-0.39, 0.29) is 12.4 Å². The van der Waals surface area contributed by atoms with Gasteiger partial charge in [0, 0.05) is 6.26 Å². The topological polar surface area (TPSA) is 71.4 Å². The molecule has 0 aliphatic carbocycles. The van der Waals surface area contributed by atoms with Crippen LogP contribution in [0.25, 0.3) is 0 Å². The van der Waals surface area contributed by atoms with Gasteiger partial charge < -0.3 is 5.11 Å². The third kappa shape index (κ3) is 3.47. The van der Waals surface area contributed by atoms with Gasteiger partial charge in [0.15, 0.2) is 9.84 Å². The van der Waals surface area contributed by atoms with Crippen LogP contribution in [0, 0.1) is 0 Å². The molecule has 0 rings (SSSR count). The highest BCUT2D eigenvalue weighted by Gasteiger charge is 2.15. The molecule has 0 saturated carbocycles. The second-order valence-electron chi connectivity index (χ2n) is 1.50. The lowest BCUT2D eigenvalue weighted by atomic mass is 10.7. The SMILES string of the molecule is C=C(C(=O)O)S(C)(=O)=O.Cl. The molecule has 0 aromatic heterocycles. The van der Waals surface area contributed by atoms with Gasteiger partial charge in [-0.15, -0.1) is 12.4 Å². The molecule has 1 N–H and O–H groups in total. The number of hydrogen-bond donors (Lipinski definition) is 1. The van der Waals surface area contributed by atoms with Crippen LogP contribution >= 0.6 is 12.4 Å². The van der Waals surface area contributed by atoms with Crippen molar-refractivity contribution in [3.8, 4) is 0 Å². The zero-order chi connectivity index (χ0) is 7.65. The van der Waals surface area contributed by atoms with Gasteiger partial charge in [-0.05, 0) is 0 Å². The maximum absolute atomic E-state index is 10.3. The third-order valence-corrected chi connectivity index (χ3v) is 1.76. The Labute approximate surface area is 64.9 Å². The zero-order valence-corrected chi connectivity index (χ0v) is 6.83. The molecular weight excluding hydrogens is 180 g/mol. The molecule has 0 aromatic rings. The summed E-state index contributed by atoms with van der Waals surface area (Å²) in [5.41, 5.74) is 0. The summed E-state index contributed by atoms with van der Waals surface area (Å²) in [6.45, 7) is 2.84. The lowest BCUT2D eigenvalue weighted by Crippen LogP contribution is -2.09. The molecule has 0 atom stereocenters. The monoisotopic (exact) mass is 186 g/mol. The van der Waals surface area contributed by atoms with E-state index in [1.54, 1.807) is 0 Å². The van der Waals surface area contributed by atoms with Crippen molar-refractivity contribution in [1.29, 1.82) is 0 Å². The first-order chi connectivity index (χ1) is 3.85. The van der Waals surface area contributed by atoms with Crippen LogP contribution in [-0.4, -0.2) is 25.7 Å². The largest absolute Gasteiger partial charge is 0.477 e. The van der Waals surface area contributed by atoms with Crippen LogP contribution in [0.5, 0.6) is 0 Å². The van der Waals surface area contributed by atoms with Gasteiger partial charge >= 0.3 is 5.97 Å². The summed E-state index contributed by atoms with van der Waals surface area (Å²) in [6, 6.07) is 0. The van der Waals surface area contributed by atoms with Crippen LogP contribution in [0.2, 0.25) is 0 Å². The van der Waals surface area contributed by atoms with Crippen molar-refractivity contribution in [2.24, 2.45) is 0 Å². The average molecular weight is 187 g/mol. The molecule has 10 heavy (non-hydrogen) atoms. The van der Waals surface area contributed by atoms with E-state index in [0.717, 1.165) is 6.26 Å². The van der Waals surface area contributed by atoms with E-state index >= 15 is 0 Å². The molecule has 0 saturated heterocycles. The summed E-state index contributed by atoms with van der Waals surface area (Å²) >= 11 is 0. The first-order valence-corrected chi connectivity index (χ1v) is 3.87. The first kappa shape index (κ1) is 12.2. The number of carbonyl (C=O) groups is 1. The Morgan fingerprint density at radius 1 is 1.50 bits per heavy atom. The number of aliphatic carboxylic acids is 1. The van der Waals surface area contributed by atoms with Crippen molar-refractivity contribution in [3.63, 3.8) is 0 Å². The Bertz CT molecular complexity index is 240. The number of rotatable bonds is 2. The molecule has 0 unspecified atom stereocenters. The zero-order valence-electron chi connectivity index (χ0n) is 5.20. The predicted octanol–water partition coefficient (Wildman–Crippen LogP) is 0.0511. The minimum absolute atomic E-state index is 0. The van der Waals surface area contributed by atoms with Gasteiger partial charge in [0.05, 0.1) is 0 Å². The number of sulfone groups is 1. The van der Waals surface area contributed by atoms with Gasteiger partial charge in [0.1, 0.15) is 4.91 Å². The highest BCUT2D eigenvalue weighted by Crippen LogP contribution is 1.98. The molecular formula is C4H7ClO4S. The van der Waals surface area contributed by atoms with E-state index in [0.29, 0.717) is 0 Å². The second kappa shape index (κ2) is 3.58. The fraction of sp³-hybridized carbons (Fsp3) is 0.250. The van der Waals surface area contributed by atoms with Crippen LogP contribution < -0.4 is 0 Å². The van der Waals surface area contributed by atoms with Crippen LogP contribution in [0.15, 0.2) is 11.5 Å². The quantitative estimate of drug-likeness (QED) is 0.619. The summed E-state index contributed by atoms with van der Waals surface area (Å²) < 4.78 is 20.6. The molecule has 60 valence electrons. The van der Waals surface area contributed by atoms with Crippen LogP contribution in [0.1, 0.15) is 0 Å². The van der Waals surface area contributed by atoms with Gasteiger partial charge in [-0.3, -0.25) is 0 Å². The highest BCUT2D eigenvalue weighted by molar-refractivity contribution is 7.95. The van der Waals surface area contributed by atoms with Crippen molar-refractivity contribution in [2.45, 2.75) is 0 Å². The first-order valence-electron chi connectivity index (χ1n) is 1.98. The summed E-state index contributed by atoms with van der Waals surface area (Å²) in [4.78, 5) is 9.09. The van der Waals surface area contributed by atoms with E-state index in [1.807, 2.05) is 0 Å². The minimum atomic E-state index is -3.60. The molecule has 6 heteroatoms. The van der Waals surface area contributed by atoms with Crippen molar-refractivity contribution in [3.05, 3.63) is 11.5 Å². The molecule has 0 amide bonds. The van der Waals surface area contributed by atoms with Crippen molar-refractivity contribution < 1.29 is 18.3 Å². The van der Waals surface area contributed by atoms with E-state index < -0.39 is 20.7 Å². The Hall–Kier alpha value is -0.550. The van der Waals surface area contributed by atoms with Gasteiger partial charge in [0.25, 0.3) is 0 Å². The molecule has 0 aliphatic heterocycles. The Morgan fingerprint density at radius 2 is 1.80 bits per heavy atom. The van der Waals surface area contributed by atoms with Gasteiger partial charge in [-0.2, -0.15) is 0 Å². The maximum Gasteiger partial charge on any atom is 0.346 e. The van der Waals surface area contributed by atoms with Gasteiger partial charge in [0.2, 0.25) is 0 Å². The summed E-state index contributed by atoms with van der Waals surface area (Å²) in [6.07, 6.45) is 0.795. The Balaban J connectivity index is 0. The Kier molecular flexibility index (Phi) is 4.35. The lowest BCUT2D eigenvalue weighted by Gasteiger charge is -1.92. The fourth-order valence-corrected chi connectivity index (χ4v) is 0.476. The molecule has 0 fully saturated rings. The van der Waals surface area contributed by atoms with Crippen molar-refractivity contribution >= 4 is 28.2 Å². The van der Waals surface area contributed by atoms with Crippen molar-refractivity contribution in [1.82, 2.24) is 0 Å². The smallest absolute Gasteiger partial charge is 0.346 e. The summed E-state index contributed by atoms with van der Waals surface area (Å²) in [5.74, 6) is -1.50. The van der Waals surface area contributed by atoms with E-state index in [1.165, 1.54) is 0 Å². The summed E-state index contributed by atoms with van der Waals surface area (Å²) in [7, 11) is -3.60. The minimum Gasteiger partial charge on any atom is -0.477 e. The molecule has 0 aliphatic rings. The van der Waals surface area contributed by atoms with Crippen LogP contribution in [0.3, 0.4) is 0 Å². The number of hydrogen-bond acceptors (Lipinski definition) is 3. The van der Waals surface area contributed by atoms with Gasteiger partial charge in [-0.1, -0.05) is 6.58 Å². The Morgan fingerprint density at radius 3 is 1.80 bits per heavy atom. The molecule has 0 heterocycles. The highest BCUT2D eigenvalue weighted by atomic mass is 35.5. The molecule has 4 nitrogen and oxygen atoms in total. The number of carboxylic acids is 1. The summed E-state index contributed by atoms with van der Waals surface area (Å²) in [5, 5.41) is 8.04. The van der Waals surface area contributed by atoms with E-state index in [4.69, 9.17) is 5.11 Å². The standard InChI is InChI=1S/C4H6O4S.ClH/c1-3(4(5)6)9(2,7)8;/h1H2,2H3,(H,5,6);1H. The van der Waals surface area contributed by atoms with E-state index in [9.17, 15) is 13.2 Å². The average Bonchev–Trinajstić information content (AvgIpc) is 1.62. The second-order valence-corrected chi connectivity index (χ2v) is 3.54. The third-order valence-electron chi connectivity index (χ3n) is 0.686. The predicted molar refractivity (Wildman–Crippen MR) is 38.9 cm³/mol. The van der Waals surface area contributed by atoms with E-state index in [2.05, 4.69) is 6.58 Å². The van der Waals surface area contributed by atoms with Crippen molar-refractivity contribution in [2.75, 3.05) is 6.26 Å². The molecule has 0 radical (unpaired) electrons. The van der Waals surface area contributed by atoms with Gasteiger partial charge in [-0.25, -0.2) is 13.2 Å². The lowest BCUT2D eigenvalue weighted by molar-refractivity contribution is -0.131. The molecule has 0 aromatic carbocycles. The fourth-order valence-electron chi connectivity index (χ4n) is 0.159. The number of halogens is 1. The number of carboxylic acid groups (broad SMARTS) is 1. The van der Waals surface area contributed by atoms with Crippen LogP contribution in [-0.2, 0) is 14.6 Å².